The van der Waals surface area contributed by atoms with Crippen LogP contribution in [0, 0.1) is 0 Å². The maximum atomic E-state index is 8.98. The average Bonchev–Trinajstić information content (AvgIpc) is 2.24. The molecular formula is C11H23O4P. The molecule has 4 nitrogen and oxygen atoms in total. The first-order chi connectivity index (χ1) is 7.66. The van der Waals surface area contributed by atoms with E-state index in [0.717, 1.165) is 6.42 Å². The van der Waals surface area contributed by atoms with E-state index < -0.39 is 8.38 Å². The smallest absolute Gasteiger partial charge is 0.167 e. The molecule has 16 heavy (non-hydrogen) atoms. The SMILES string of the molecule is C=CCOP(C)OCCCOCC[C@@H](C)O. The van der Waals surface area contributed by atoms with Crippen LogP contribution in [-0.4, -0.2) is 44.3 Å². The first-order valence-corrected chi connectivity index (χ1v) is 7.15. The molecule has 5 heteroatoms. The van der Waals surface area contributed by atoms with Crippen molar-refractivity contribution < 1.29 is 18.9 Å². The number of ether oxygens (including phenoxy) is 1. The van der Waals surface area contributed by atoms with E-state index in [1.165, 1.54) is 0 Å². The van der Waals surface area contributed by atoms with E-state index in [0.29, 0.717) is 32.8 Å². The van der Waals surface area contributed by atoms with Gasteiger partial charge in [-0.3, -0.25) is 0 Å². The second-order valence-electron chi connectivity index (χ2n) is 3.46. The predicted molar refractivity (Wildman–Crippen MR) is 66.7 cm³/mol. The lowest BCUT2D eigenvalue weighted by Crippen LogP contribution is -2.07. The third kappa shape index (κ3) is 12.1. The van der Waals surface area contributed by atoms with E-state index in [4.69, 9.17) is 18.9 Å². The summed E-state index contributed by atoms with van der Waals surface area (Å²) in [6, 6.07) is 0. The van der Waals surface area contributed by atoms with Gasteiger partial charge < -0.3 is 18.9 Å². The van der Waals surface area contributed by atoms with Crippen molar-refractivity contribution in [3.63, 3.8) is 0 Å². The number of hydrogen-bond acceptors (Lipinski definition) is 4. The van der Waals surface area contributed by atoms with Gasteiger partial charge in [0, 0.05) is 19.9 Å². The van der Waals surface area contributed by atoms with Crippen LogP contribution >= 0.6 is 8.38 Å². The molecule has 0 saturated heterocycles. The van der Waals surface area contributed by atoms with Crippen LogP contribution < -0.4 is 0 Å². The highest BCUT2D eigenvalue weighted by molar-refractivity contribution is 7.46. The van der Waals surface area contributed by atoms with Crippen molar-refractivity contribution in [1.82, 2.24) is 0 Å². The highest BCUT2D eigenvalue weighted by atomic mass is 31.2. The molecule has 0 fully saturated rings. The van der Waals surface area contributed by atoms with Crippen molar-refractivity contribution in [1.29, 1.82) is 0 Å². The largest absolute Gasteiger partial charge is 0.393 e. The van der Waals surface area contributed by atoms with E-state index in [9.17, 15) is 0 Å². The second kappa shape index (κ2) is 11.5. The van der Waals surface area contributed by atoms with Crippen LogP contribution in [0.3, 0.4) is 0 Å². The van der Waals surface area contributed by atoms with Gasteiger partial charge in [0.25, 0.3) is 0 Å². The quantitative estimate of drug-likeness (QED) is 0.347. The van der Waals surface area contributed by atoms with Crippen LogP contribution in [0.5, 0.6) is 0 Å². The zero-order valence-corrected chi connectivity index (χ0v) is 11.1. The minimum atomic E-state index is -0.788. The average molecular weight is 250 g/mol. The lowest BCUT2D eigenvalue weighted by atomic mass is 10.3. The van der Waals surface area contributed by atoms with Gasteiger partial charge in [0.1, 0.15) is 0 Å². The number of hydrogen-bond donors (Lipinski definition) is 1. The van der Waals surface area contributed by atoms with E-state index >= 15 is 0 Å². The Morgan fingerprint density at radius 2 is 2.06 bits per heavy atom. The van der Waals surface area contributed by atoms with Gasteiger partial charge in [-0.15, -0.1) is 6.58 Å². The summed E-state index contributed by atoms with van der Waals surface area (Å²) in [6.07, 6.45) is 2.96. The van der Waals surface area contributed by atoms with Gasteiger partial charge in [-0.25, -0.2) is 0 Å². The van der Waals surface area contributed by atoms with Gasteiger partial charge in [-0.1, -0.05) is 6.08 Å². The first-order valence-electron chi connectivity index (χ1n) is 5.53. The molecule has 0 radical (unpaired) electrons. The Labute approximate surface area is 99.5 Å². The molecule has 0 aromatic heterocycles. The molecule has 0 aliphatic carbocycles. The fourth-order valence-corrected chi connectivity index (χ4v) is 1.68. The van der Waals surface area contributed by atoms with E-state index in [2.05, 4.69) is 6.58 Å². The molecule has 0 aliphatic rings. The molecule has 0 saturated carbocycles. The Kier molecular flexibility index (Phi) is 11.5. The summed E-state index contributed by atoms with van der Waals surface area (Å²) in [5.41, 5.74) is 0. The van der Waals surface area contributed by atoms with Crippen LogP contribution in [0.15, 0.2) is 12.7 Å². The molecule has 0 amide bonds. The van der Waals surface area contributed by atoms with Gasteiger partial charge >= 0.3 is 0 Å². The summed E-state index contributed by atoms with van der Waals surface area (Å²) in [6.45, 7) is 9.70. The summed E-state index contributed by atoms with van der Waals surface area (Å²) in [7, 11) is -0.788. The minimum absolute atomic E-state index is 0.285. The Morgan fingerprint density at radius 3 is 2.69 bits per heavy atom. The van der Waals surface area contributed by atoms with Crippen LogP contribution in [0.1, 0.15) is 19.8 Å². The molecule has 0 spiro atoms. The van der Waals surface area contributed by atoms with E-state index in [1.807, 2.05) is 6.66 Å². The third-order valence-electron chi connectivity index (χ3n) is 1.76. The van der Waals surface area contributed by atoms with Crippen molar-refractivity contribution in [3.8, 4) is 0 Å². The summed E-state index contributed by atoms with van der Waals surface area (Å²) in [4.78, 5) is 0. The van der Waals surface area contributed by atoms with Crippen LogP contribution in [0.4, 0.5) is 0 Å². The lowest BCUT2D eigenvalue weighted by Gasteiger charge is -2.11. The van der Waals surface area contributed by atoms with Gasteiger partial charge in [0.05, 0.1) is 19.3 Å². The maximum absolute atomic E-state index is 8.98. The Bertz CT molecular complexity index is 164. The highest BCUT2D eigenvalue weighted by Gasteiger charge is 2.01. The fraction of sp³-hybridized carbons (Fsp3) is 0.818. The molecule has 1 N–H and O–H groups in total. The summed E-state index contributed by atoms with van der Waals surface area (Å²) in [5, 5.41) is 8.98. The minimum Gasteiger partial charge on any atom is -0.393 e. The summed E-state index contributed by atoms with van der Waals surface area (Å²) in [5.74, 6) is 0. The summed E-state index contributed by atoms with van der Waals surface area (Å²) < 4.78 is 16.1. The van der Waals surface area contributed by atoms with E-state index in [-0.39, 0.29) is 6.10 Å². The van der Waals surface area contributed by atoms with Crippen molar-refractivity contribution in [3.05, 3.63) is 12.7 Å². The zero-order valence-electron chi connectivity index (χ0n) is 10.2. The molecule has 0 aliphatic heterocycles. The fourth-order valence-electron chi connectivity index (χ4n) is 0.905. The van der Waals surface area contributed by atoms with Crippen molar-refractivity contribution in [2.45, 2.75) is 25.9 Å². The number of rotatable bonds is 11. The Hall–Kier alpha value is 0.0100. The van der Waals surface area contributed by atoms with Crippen LogP contribution in [-0.2, 0) is 13.8 Å². The summed E-state index contributed by atoms with van der Waals surface area (Å²) >= 11 is 0. The van der Waals surface area contributed by atoms with Crippen LogP contribution in [0.25, 0.3) is 0 Å². The Balaban J connectivity index is 3.11. The normalized spacial score (nSPS) is 14.7. The van der Waals surface area contributed by atoms with Gasteiger partial charge in [0.15, 0.2) is 8.38 Å². The molecular weight excluding hydrogens is 227 g/mol. The molecule has 2 atom stereocenters. The van der Waals surface area contributed by atoms with Gasteiger partial charge in [0.2, 0.25) is 0 Å². The molecule has 1 unspecified atom stereocenters. The molecule has 0 aromatic carbocycles. The van der Waals surface area contributed by atoms with Crippen LogP contribution in [0.2, 0.25) is 0 Å². The monoisotopic (exact) mass is 250 g/mol. The molecule has 0 aromatic rings. The molecule has 96 valence electrons. The van der Waals surface area contributed by atoms with E-state index in [1.54, 1.807) is 13.0 Å². The number of aliphatic hydroxyl groups is 1. The molecule has 0 heterocycles. The van der Waals surface area contributed by atoms with Crippen molar-refractivity contribution >= 4 is 8.38 Å². The molecule has 0 bridgehead atoms. The predicted octanol–water partition coefficient (Wildman–Crippen LogP) is 2.32. The second-order valence-corrected chi connectivity index (χ2v) is 4.86. The highest BCUT2D eigenvalue weighted by Crippen LogP contribution is 2.32. The van der Waals surface area contributed by atoms with Gasteiger partial charge in [-0.05, 0) is 19.8 Å². The lowest BCUT2D eigenvalue weighted by molar-refractivity contribution is 0.0819. The third-order valence-corrected chi connectivity index (χ3v) is 2.82. The first kappa shape index (κ1) is 16.0. The van der Waals surface area contributed by atoms with Crippen molar-refractivity contribution in [2.75, 3.05) is 33.1 Å². The van der Waals surface area contributed by atoms with Gasteiger partial charge in [-0.2, -0.15) is 0 Å². The standard InChI is InChI=1S/C11H23O4P/c1-4-7-14-16(3)15-9-5-8-13-10-6-11(2)12/h4,11-12H,1,5-10H2,2-3H3/t11-,16?/m1/s1. The van der Waals surface area contributed by atoms with Crippen molar-refractivity contribution in [2.24, 2.45) is 0 Å². The number of aliphatic hydroxyl groups excluding tert-OH is 1. The maximum Gasteiger partial charge on any atom is 0.167 e. The Morgan fingerprint density at radius 1 is 1.31 bits per heavy atom. The molecule has 0 rings (SSSR count). The topological polar surface area (TPSA) is 47.9 Å². The zero-order chi connectivity index (χ0) is 12.2.